The molecule has 0 aliphatic heterocycles. The standard InChI is InChI=1S/C14H17NOS/c1-3-10(2)15-9-13(16)12-6-4-5-11-7-8-17-14(11)12/h4-8,10,15H,3,9H2,1-2H3. The predicted octanol–water partition coefficient (Wildman–Crippen LogP) is 3.47. The van der Waals surface area contributed by atoms with Gasteiger partial charge in [-0.15, -0.1) is 11.3 Å². The Hall–Kier alpha value is -1.19. The molecule has 2 rings (SSSR count). The molecule has 3 heteroatoms. The highest BCUT2D eigenvalue weighted by Gasteiger charge is 2.11. The fourth-order valence-electron chi connectivity index (χ4n) is 1.72. The van der Waals surface area contributed by atoms with Crippen molar-refractivity contribution in [1.82, 2.24) is 5.32 Å². The van der Waals surface area contributed by atoms with Crippen molar-refractivity contribution in [2.75, 3.05) is 6.54 Å². The number of thiophene rings is 1. The fraction of sp³-hybridized carbons (Fsp3) is 0.357. The van der Waals surface area contributed by atoms with Crippen molar-refractivity contribution >= 4 is 27.2 Å². The Morgan fingerprint density at radius 3 is 3.00 bits per heavy atom. The minimum Gasteiger partial charge on any atom is -0.307 e. The molecule has 1 aromatic carbocycles. The van der Waals surface area contributed by atoms with Crippen LogP contribution in [-0.4, -0.2) is 18.4 Å². The topological polar surface area (TPSA) is 29.1 Å². The number of fused-ring (bicyclic) bond motifs is 1. The van der Waals surface area contributed by atoms with E-state index in [-0.39, 0.29) is 5.78 Å². The van der Waals surface area contributed by atoms with E-state index in [0.717, 1.165) is 22.1 Å². The zero-order chi connectivity index (χ0) is 12.3. The highest BCUT2D eigenvalue weighted by Crippen LogP contribution is 2.24. The van der Waals surface area contributed by atoms with Gasteiger partial charge in [0.25, 0.3) is 0 Å². The number of carbonyl (C=O) groups excluding carboxylic acids is 1. The second-order valence-corrected chi connectivity index (χ2v) is 5.17. The predicted molar refractivity (Wildman–Crippen MR) is 73.9 cm³/mol. The summed E-state index contributed by atoms with van der Waals surface area (Å²) >= 11 is 1.63. The molecule has 1 heterocycles. The molecular formula is C14H17NOS. The van der Waals surface area contributed by atoms with Crippen molar-refractivity contribution in [2.45, 2.75) is 26.3 Å². The maximum absolute atomic E-state index is 12.1. The summed E-state index contributed by atoms with van der Waals surface area (Å²) in [5.74, 6) is 0.179. The van der Waals surface area contributed by atoms with Gasteiger partial charge in [0, 0.05) is 16.3 Å². The van der Waals surface area contributed by atoms with E-state index in [4.69, 9.17) is 0 Å². The van der Waals surface area contributed by atoms with Gasteiger partial charge >= 0.3 is 0 Å². The van der Waals surface area contributed by atoms with Crippen molar-refractivity contribution in [2.24, 2.45) is 0 Å². The minimum absolute atomic E-state index is 0.179. The Bertz CT molecular complexity index is 518. The van der Waals surface area contributed by atoms with E-state index in [1.54, 1.807) is 11.3 Å². The molecular weight excluding hydrogens is 230 g/mol. The average molecular weight is 247 g/mol. The van der Waals surface area contributed by atoms with Crippen LogP contribution in [0.15, 0.2) is 29.6 Å². The van der Waals surface area contributed by atoms with Gasteiger partial charge in [-0.25, -0.2) is 0 Å². The third-order valence-corrected chi connectivity index (χ3v) is 3.97. The third kappa shape index (κ3) is 2.73. The number of hydrogen-bond donors (Lipinski definition) is 1. The van der Waals surface area contributed by atoms with E-state index in [2.05, 4.69) is 25.2 Å². The summed E-state index contributed by atoms with van der Waals surface area (Å²) in [4.78, 5) is 12.1. The van der Waals surface area contributed by atoms with Crippen LogP contribution in [0.3, 0.4) is 0 Å². The van der Waals surface area contributed by atoms with Crippen LogP contribution in [0.5, 0.6) is 0 Å². The molecule has 1 unspecified atom stereocenters. The van der Waals surface area contributed by atoms with Gasteiger partial charge in [-0.05, 0) is 36.2 Å². The molecule has 1 aromatic heterocycles. The molecule has 90 valence electrons. The lowest BCUT2D eigenvalue weighted by molar-refractivity contribution is 0.0989. The summed E-state index contributed by atoms with van der Waals surface area (Å²) < 4.78 is 1.10. The van der Waals surface area contributed by atoms with Crippen LogP contribution < -0.4 is 5.32 Å². The normalized spacial score (nSPS) is 12.8. The number of Topliss-reactive ketones (excluding diaryl/α,β-unsaturated/α-hetero) is 1. The van der Waals surface area contributed by atoms with Crippen molar-refractivity contribution in [3.8, 4) is 0 Å². The van der Waals surface area contributed by atoms with Crippen molar-refractivity contribution in [3.05, 3.63) is 35.2 Å². The SMILES string of the molecule is CCC(C)NCC(=O)c1cccc2ccsc12. The van der Waals surface area contributed by atoms with Crippen LogP contribution in [0.4, 0.5) is 0 Å². The summed E-state index contributed by atoms with van der Waals surface area (Å²) in [6.07, 6.45) is 1.04. The first-order valence-corrected chi connectivity index (χ1v) is 6.83. The molecule has 0 radical (unpaired) electrons. The highest BCUT2D eigenvalue weighted by atomic mass is 32.1. The number of ketones is 1. The Morgan fingerprint density at radius 2 is 2.24 bits per heavy atom. The van der Waals surface area contributed by atoms with E-state index in [9.17, 15) is 4.79 Å². The molecule has 2 nitrogen and oxygen atoms in total. The number of benzene rings is 1. The monoisotopic (exact) mass is 247 g/mol. The van der Waals surface area contributed by atoms with Gasteiger partial charge in [0.05, 0.1) is 6.54 Å². The smallest absolute Gasteiger partial charge is 0.178 e. The molecule has 0 aliphatic carbocycles. The van der Waals surface area contributed by atoms with E-state index >= 15 is 0 Å². The largest absolute Gasteiger partial charge is 0.307 e. The van der Waals surface area contributed by atoms with Gasteiger partial charge in [-0.3, -0.25) is 4.79 Å². The number of carbonyl (C=O) groups is 1. The molecule has 0 saturated heterocycles. The first kappa shape index (κ1) is 12.3. The summed E-state index contributed by atoms with van der Waals surface area (Å²) in [5, 5.41) is 6.43. The van der Waals surface area contributed by atoms with Crippen molar-refractivity contribution < 1.29 is 4.79 Å². The van der Waals surface area contributed by atoms with E-state index < -0.39 is 0 Å². The van der Waals surface area contributed by atoms with E-state index in [0.29, 0.717) is 12.6 Å². The summed E-state index contributed by atoms with van der Waals surface area (Å²) in [6.45, 7) is 4.63. The Labute approximate surface area is 106 Å². The summed E-state index contributed by atoms with van der Waals surface area (Å²) in [5.41, 5.74) is 0.841. The first-order chi connectivity index (χ1) is 8.22. The highest BCUT2D eigenvalue weighted by molar-refractivity contribution is 7.17. The van der Waals surface area contributed by atoms with E-state index in [1.807, 2.05) is 23.6 Å². The van der Waals surface area contributed by atoms with Crippen LogP contribution >= 0.6 is 11.3 Å². The molecule has 2 aromatic rings. The van der Waals surface area contributed by atoms with Gasteiger partial charge in [0.15, 0.2) is 5.78 Å². The van der Waals surface area contributed by atoms with Crippen molar-refractivity contribution in [1.29, 1.82) is 0 Å². The summed E-state index contributed by atoms with van der Waals surface area (Å²) in [6, 6.07) is 8.36. The van der Waals surface area contributed by atoms with Gasteiger partial charge in [0.1, 0.15) is 0 Å². The van der Waals surface area contributed by atoms with Gasteiger partial charge in [-0.2, -0.15) is 0 Å². The van der Waals surface area contributed by atoms with Gasteiger partial charge in [-0.1, -0.05) is 19.1 Å². The van der Waals surface area contributed by atoms with Crippen LogP contribution in [0, 0.1) is 0 Å². The van der Waals surface area contributed by atoms with Gasteiger partial charge in [0.2, 0.25) is 0 Å². The zero-order valence-electron chi connectivity index (χ0n) is 10.2. The molecule has 0 fully saturated rings. The second kappa shape index (κ2) is 5.43. The van der Waals surface area contributed by atoms with Crippen LogP contribution in [0.1, 0.15) is 30.6 Å². The maximum Gasteiger partial charge on any atom is 0.178 e. The lowest BCUT2D eigenvalue weighted by Gasteiger charge is -2.10. The fourth-order valence-corrected chi connectivity index (χ4v) is 2.65. The maximum atomic E-state index is 12.1. The van der Waals surface area contributed by atoms with E-state index in [1.165, 1.54) is 0 Å². The van der Waals surface area contributed by atoms with Crippen LogP contribution in [0.2, 0.25) is 0 Å². The van der Waals surface area contributed by atoms with Crippen LogP contribution in [-0.2, 0) is 0 Å². The molecule has 0 bridgehead atoms. The average Bonchev–Trinajstić information content (AvgIpc) is 2.83. The molecule has 0 amide bonds. The number of nitrogens with one attached hydrogen (secondary N) is 1. The third-order valence-electron chi connectivity index (χ3n) is 3.00. The number of rotatable bonds is 5. The number of hydrogen-bond acceptors (Lipinski definition) is 3. The molecule has 1 N–H and O–H groups in total. The second-order valence-electron chi connectivity index (χ2n) is 4.26. The lowest BCUT2D eigenvalue weighted by atomic mass is 10.1. The van der Waals surface area contributed by atoms with Crippen molar-refractivity contribution in [3.63, 3.8) is 0 Å². The lowest BCUT2D eigenvalue weighted by Crippen LogP contribution is -2.30. The van der Waals surface area contributed by atoms with Crippen LogP contribution in [0.25, 0.3) is 10.1 Å². The molecule has 1 atom stereocenters. The Balaban J connectivity index is 2.16. The molecule has 0 aliphatic rings. The summed E-state index contributed by atoms with van der Waals surface area (Å²) in [7, 11) is 0. The minimum atomic E-state index is 0.179. The quantitative estimate of drug-likeness (QED) is 0.820. The Morgan fingerprint density at radius 1 is 1.41 bits per heavy atom. The molecule has 0 spiro atoms. The van der Waals surface area contributed by atoms with Gasteiger partial charge < -0.3 is 5.32 Å². The zero-order valence-corrected chi connectivity index (χ0v) is 11.0. The molecule has 0 saturated carbocycles. The first-order valence-electron chi connectivity index (χ1n) is 5.95. The molecule has 17 heavy (non-hydrogen) atoms. The Kier molecular flexibility index (Phi) is 3.92.